The van der Waals surface area contributed by atoms with Crippen LogP contribution in [0.15, 0.2) is 42.5 Å². The van der Waals surface area contributed by atoms with Crippen molar-refractivity contribution in [3.63, 3.8) is 0 Å². The Bertz CT molecular complexity index is 703. The Balaban J connectivity index is 1.99. The fourth-order valence-electron chi connectivity index (χ4n) is 2.29. The summed E-state index contributed by atoms with van der Waals surface area (Å²) in [6, 6.07) is 10.7. The lowest BCUT2D eigenvalue weighted by Gasteiger charge is -2.20. The van der Waals surface area contributed by atoms with E-state index in [1.807, 2.05) is 38.1 Å². The summed E-state index contributed by atoms with van der Waals surface area (Å²) in [5.74, 6) is -2.19. The molecule has 3 nitrogen and oxygen atoms in total. The molecule has 0 heterocycles. The molecule has 0 saturated carbocycles. The lowest BCUT2D eigenvalue weighted by molar-refractivity contribution is -0.127. The maximum absolute atomic E-state index is 13.2. The van der Waals surface area contributed by atoms with Gasteiger partial charge in [-0.1, -0.05) is 24.3 Å². The van der Waals surface area contributed by atoms with Gasteiger partial charge in [-0.25, -0.2) is 8.78 Å². The molecule has 0 spiro atoms. The summed E-state index contributed by atoms with van der Waals surface area (Å²) in [5.41, 5.74) is 2.09. The van der Waals surface area contributed by atoms with Gasteiger partial charge in [-0.3, -0.25) is 4.79 Å². The van der Waals surface area contributed by atoms with E-state index in [2.05, 4.69) is 5.32 Å². The van der Waals surface area contributed by atoms with Gasteiger partial charge in [0.1, 0.15) is 5.75 Å². The second-order valence-corrected chi connectivity index (χ2v) is 5.42. The van der Waals surface area contributed by atoms with Crippen LogP contribution in [-0.2, 0) is 4.79 Å². The Morgan fingerprint density at radius 3 is 2.43 bits per heavy atom. The summed E-state index contributed by atoms with van der Waals surface area (Å²) < 4.78 is 31.4. The van der Waals surface area contributed by atoms with Crippen molar-refractivity contribution in [3.8, 4) is 5.75 Å². The van der Waals surface area contributed by atoms with E-state index >= 15 is 0 Å². The topological polar surface area (TPSA) is 38.3 Å². The average Bonchev–Trinajstić information content (AvgIpc) is 2.51. The third kappa shape index (κ3) is 4.28. The Morgan fingerprint density at radius 1 is 1.09 bits per heavy atom. The zero-order chi connectivity index (χ0) is 17.0. The Kier molecular flexibility index (Phi) is 5.32. The van der Waals surface area contributed by atoms with Crippen LogP contribution >= 0.6 is 0 Å². The maximum Gasteiger partial charge on any atom is 0.261 e. The monoisotopic (exact) mass is 319 g/mol. The molecule has 2 unspecified atom stereocenters. The summed E-state index contributed by atoms with van der Waals surface area (Å²) in [6.45, 7) is 5.41. The molecule has 2 aromatic rings. The minimum absolute atomic E-state index is 0.107. The number of rotatable bonds is 5. The van der Waals surface area contributed by atoms with Gasteiger partial charge >= 0.3 is 0 Å². The first-order valence-corrected chi connectivity index (χ1v) is 7.36. The Hall–Kier alpha value is -2.43. The van der Waals surface area contributed by atoms with E-state index in [1.165, 1.54) is 6.07 Å². The molecule has 2 aromatic carbocycles. The number of nitrogens with one attached hydrogen (secondary N) is 1. The molecule has 0 aromatic heterocycles. The van der Waals surface area contributed by atoms with Crippen LogP contribution in [0.1, 0.15) is 31.0 Å². The molecule has 0 fully saturated rings. The quantitative estimate of drug-likeness (QED) is 0.907. The molecule has 0 bridgehead atoms. The van der Waals surface area contributed by atoms with E-state index in [0.29, 0.717) is 0 Å². The van der Waals surface area contributed by atoms with Crippen molar-refractivity contribution >= 4 is 5.91 Å². The fourth-order valence-corrected chi connectivity index (χ4v) is 2.29. The number of hydrogen-bond acceptors (Lipinski definition) is 2. The van der Waals surface area contributed by atoms with Crippen LogP contribution < -0.4 is 10.1 Å². The van der Waals surface area contributed by atoms with Crippen LogP contribution in [0.5, 0.6) is 5.75 Å². The van der Waals surface area contributed by atoms with Crippen LogP contribution in [0.3, 0.4) is 0 Å². The highest BCUT2D eigenvalue weighted by Gasteiger charge is 2.19. The molecule has 0 aliphatic heterocycles. The average molecular weight is 319 g/mol. The van der Waals surface area contributed by atoms with Gasteiger partial charge in [-0.2, -0.15) is 0 Å². The van der Waals surface area contributed by atoms with E-state index in [-0.39, 0.29) is 17.7 Å². The van der Waals surface area contributed by atoms with E-state index in [4.69, 9.17) is 4.74 Å². The maximum atomic E-state index is 13.2. The number of carbonyl (C=O) groups is 1. The minimum Gasteiger partial charge on any atom is -0.481 e. The molecule has 1 N–H and O–H groups in total. The number of benzene rings is 2. The lowest BCUT2D eigenvalue weighted by atomic mass is 10.0. The molecule has 0 aliphatic rings. The summed E-state index contributed by atoms with van der Waals surface area (Å²) in [7, 11) is 0. The highest BCUT2D eigenvalue weighted by molar-refractivity contribution is 5.81. The van der Waals surface area contributed by atoms with Crippen LogP contribution in [-0.4, -0.2) is 12.0 Å². The smallest absolute Gasteiger partial charge is 0.261 e. The van der Waals surface area contributed by atoms with Gasteiger partial charge in [0.2, 0.25) is 0 Å². The molecule has 1 amide bonds. The molecule has 122 valence electrons. The molecule has 0 radical (unpaired) electrons. The molecule has 5 heteroatoms. The van der Waals surface area contributed by atoms with Crippen molar-refractivity contribution in [1.82, 2.24) is 5.32 Å². The SMILES string of the molecule is Cc1ccccc1C(C)NC(=O)C(C)Oc1ccc(F)c(F)c1. The highest BCUT2D eigenvalue weighted by atomic mass is 19.2. The van der Waals surface area contributed by atoms with E-state index in [0.717, 1.165) is 23.3 Å². The van der Waals surface area contributed by atoms with Gasteiger partial charge in [0.15, 0.2) is 17.7 Å². The predicted octanol–water partition coefficient (Wildman–Crippen LogP) is 3.92. The van der Waals surface area contributed by atoms with Crippen LogP contribution in [0, 0.1) is 18.6 Å². The summed E-state index contributed by atoms with van der Waals surface area (Å²) in [5, 5.41) is 2.85. The number of hydrogen-bond donors (Lipinski definition) is 1. The molecule has 23 heavy (non-hydrogen) atoms. The second kappa shape index (κ2) is 7.22. The normalized spacial score (nSPS) is 13.3. The van der Waals surface area contributed by atoms with Crippen molar-refractivity contribution in [2.75, 3.05) is 0 Å². The molecule has 0 aliphatic carbocycles. The van der Waals surface area contributed by atoms with Crippen molar-refractivity contribution in [2.45, 2.75) is 32.9 Å². The van der Waals surface area contributed by atoms with Crippen LogP contribution in [0.4, 0.5) is 8.78 Å². The summed E-state index contributed by atoms with van der Waals surface area (Å²) >= 11 is 0. The first-order valence-electron chi connectivity index (χ1n) is 7.36. The predicted molar refractivity (Wildman–Crippen MR) is 84.2 cm³/mol. The van der Waals surface area contributed by atoms with Crippen LogP contribution in [0.2, 0.25) is 0 Å². The van der Waals surface area contributed by atoms with Gasteiger partial charge in [0.25, 0.3) is 5.91 Å². The molecule has 2 rings (SSSR count). The number of ether oxygens (including phenoxy) is 1. The third-order valence-electron chi connectivity index (χ3n) is 3.59. The van der Waals surface area contributed by atoms with Crippen molar-refractivity contribution in [1.29, 1.82) is 0 Å². The zero-order valence-corrected chi connectivity index (χ0v) is 13.3. The third-order valence-corrected chi connectivity index (χ3v) is 3.59. The fraction of sp³-hybridized carbons (Fsp3) is 0.278. The van der Waals surface area contributed by atoms with E-state index < -0.39 is 17.7 Å². The molecule has 0 saturated heterocycles. The van der Waals surface area contributed by atoms with Gasteiger partial charge in [0, 0.05) is 6.07 Å². The second-order valence-electron chi connectivity index (χ2n) is 5.42. The van der Waals surface area contributed by atoms with Crippen molar-refractivity contribution in [2.24, 2.45) is 0 Å². The molecule has 2 atom stereocenters. The highest BCUT2D eigenvalue weighted by Crippen LogP contribution is 2.19. The lowest BCUT2D eigenvalue weighted by Crippen LogP contribution is -2.38. The molecular formula is C18H19F2NO2. The first-order chi connectivity index (χ1) is 10.9. The van der Waals surface area contributed by atoms with Crippen LogP contribution in [0.25, 0.3) is 0 Å². The standard InChI is InChI=1S/C18H19F2NO2/c1-11-6-4-5-7-15(11)12(2)21-18(22)13(3)23-14-8-9-16(19)17(20)10-14/h4-10,12-13H,1-3H3,(H,21,22). The van der Waals surface area contributed by atoms with Gasteiger partial charge in [0.05, 0.1) is 6.04 Å². The van der Waals surface area contributed by atoms with Crippen molar-refractivity contribution < 1.29 is 18.3 Å². The van der Waals surface area contributed by atoms with Gasteiger partial charge < -0.3 is 10.1 Å². The Morgan fingerprint density at radius 2 is 1.78 bits per heavy atom. The number of aryl methyl sites for hydroxylation is 1. The molecular weight excluding hydrogens is 300 g/mol. The van der Waals surface area contributed by atoms with E-state index in [9.17, 15) is 13.6 Å². The van der Waals surface area contributed by atoms with E-state index in [1.54, 1.807) is 6.92 Å². The first kappa shape index (κ1) is 16.9. The zero-order valence-electron chi connectivity index (χ0n) is 13.3. The number of halogens is 2. The summed E-state index contributed by atoms with van der Waals surface area (Å²) in [4.78, 5) is 12.2. The minimum atomic E-state index is -1.01. The van der Waals surface area contributed by atoms with Gasteiger partial charge in [-0.05, 0) is 44.0 Å². The number of amides is 1. The Labute approximate surface area is 134 Å². The number of carbonyl (C=O) groups excluding carboxylic acids is 1. The summed E-state index contributed by atoms with van der Waals surface area (Å²) in [6.07, 6.45) is -0.827. The van der Waals surface area contributed by atoms with Crippen molar-refractivity contribution in [3.05, 3.63) is 65.2 Å². The largest absolute Gasteiger partial charge is 0.481 e. The van der Waals surface area contributed by atoms with Gasteiger partial charge in [-0.15, -0.1) is 0 Å².